The van der Waals surface area contributed by atoms with Crippen molar-refractivity contribution in [3.63, 3.8) is 0 Å². The van der Waals surface area contributed by atoms with Gasteiger partial charge in [0.1, 0.15) is 5.82 Å². The summed E-state index contributed by atoms with van der Waals surface area (Å²) in [6.45, 7) is 5.67. The molecule has 25 heavy (non-hydrogen) atoms. The molecule has 2 aliphatic rings. The van der Waals surface area contributed by atoms with Gasteiger partial charge in [-0.15, -0.1) is 12.4 Å². The molecule has 2 aliphatic heterocycles. The summed E-state index contributed by atoms with van der Waals surface area (Å²) >= 11 is 6.28. The van der Waals surface area contributed by atoms with Crippen LogP contribution in [0.5, 0.6) is 0 Å². The number of rotatable bonds is 5. The third-order valence-electron chi connectivity index (χ3n) is 4.67. The SMILES string of the molecule is CC1CN(C(CNC(=O)C2CNC2)c2c(F)cccc2Cl)CCO1.Cl. The standard InChI is InChI=1S/C17H23ClFN3O2.ClH/c1-11-10-22(5-6-24-11)15(9-21-17(23)12-7-20-8-12)16-13(18)3-2-4-14(16)19;/h2-4,11-12,15,20H,5-10H2,1H3,(H,21,23);1H. The number of nitrogens with one attached hydrogen (secondary N) is 2. The van der Waals surface area contributed by atoms with Gasteiger partial charge in [-0.2, -0.15) is 0 Å². The van der Waals surface area contributed by atoms with Crippen LogP contribution in [0, 0.1) is 11.7 Å². The minimum absolute atomic E-state index is 0. The smallest absolute Gasteiger partial charge is 0.225 e. The van der Waals surface area contributed by atoms with Crippen LogP contribution in [0.1, 0.15) is 18.5 Å². The number of carbonyl (C=O) groups is 1. The molecule has 2 saturated heterocycles. The molecule has 0 spiro atoms. The average molecular weight is 392 g/mol. The Morgan fingerprint density at radius 1 is 1.52 bits per heavy atom. The third kappa shape index (κ3) is 4.83. The van der Waals surface area contributed by atoms with E-state index in [1.165, 1.54) is 6.07 Å². The zero-order valence-electron chi connectivity index (χ0n) is 14.1. The monoisotopic (exact) mass is 391 g/mol. The number of amides is 1. The zero-order chi connectivity index (χ0) is 17.1. The first-order chi connectivity index (χ1) is 11.6. The van der Waals surface area contributed by atoms with E-state index in [9.17, 15) is 9.18 Å². The van der Waals surface area contributed by atoms with Crippen molar-refractivity contribution in [1.29, 1.82) is 0 Å². The molecular weight excluding hydrogens is 368 g/mol. The molecule has 0 aromatic heterocycles. The van der Waals surface area contributed by atoms with Crippen LogP contribution in [0.4, 0.5) is 4.39 Å². The Kier molecular flexibility index (Phi) is 7.46. The van der Waals surface area contributed by atoms with Crippen LogP contribution in [0.3, 0.4) is 0 Å². The van der Waals surface area contributed by atoms with Crippen LogP contribution >= 0.6 is 24.0 Å². The summed E-state index contributed by atoms with van der Waals surface area (Å²) in [6.07, 6.45) is 0.0679. The molecule has 2 heterocycles. The molecule has 8 heteroatoms. The molecule has 2 N–H and O–H groups in total. The summed E-state index contributed by atoms with van der Waals surface area (Å²) in [5.41, 5.74) is 0.445. The van der Waals surface area contributed by atoms with Crippen molar-refractivity contribution in [1.82, 2.24) is 15.5 Å². The highest BCUT2D eigenvalue weighted by atomic mass is 35.5. The largest absolute Gasteiger partial charge is 0.376 e. The lowest BCUT2D eigenvalue weighted by Gasteiger charge is -2.38. The first kappa shape index (κ1) is 20.4. The number of hydrogen-bond acceptors (Lipinski definition) is 4. The predicted octanol–water partition coefficient (Wildman–Crippen LogP) is 2.00. The lowest BCUT2D eigenvalue weighted by Crippen LogP contribution is -2.53. The summed E-state index contributed by atoms with van der Waals surface area (Å²) in [7, 11) is 0. The Hall–Kier alpha value is -0.920. The third-order valence-corrected chi connectivity index (χ3v) is 5.00. The van der Waals surface area contributed by atoms with Gasteiger partial charge in [-0.05, 0) is 19.1 Å². The highest BCUT2D eigenvalue weighted by Crippen LogP contribution is 2.31. The number of ether oxygens (including phenoxy) is 1. The van der Waals surface area contributed by atoms with E-state index in [0.717, 1.165) is 0 Å². The van der Waals surface area contributed by atoms with Crippen molar-refractivity contribution >= 4 is 29.9 Å². The maximum absolute atomic E-state index is 14.4. The van der Waals surface area contributed by atoms with Gasteiger partial charge in [0.2, 0.25) is 5.91 Å². The van der Waals surface area contributed by atoms with Crippen molar-refractivity contribution in [3.05, 3.63) is 34.6 Å². The van der Waals surface area contributed by atoms with E-state index in [1.54, 1.807) is 12.1 Å². The molecule has 2 unspecified atom stereocenters. The van der Waals surface area contributed by atoms with Gasteiger partial charge in [-0.3, -0.25) is 9.69 Å². The molecule has 2 fully saturated rings. The second-order valence-corrected chi connectivity index (χ2v) is 6.83. The van der Waals surface area contributed by atoms with Gasteiger partial charge in [-0.1, -0.05) is 17.7 Å². The van der Waals surface area contributed by atoms with Gasteiger partial charge < -0.3 is 15.4 Å². The molecule has 140 valence electrons. The van der Waals surface area contributed by atoms with Crippen LogP contribution in [0.25, 0.3) is 0 Å². The van der Waals surface area contributed by atoms with Crippen LogP contribution in [0.2, 0.25) is 5.02 Å². The fourth-order valence-corrected chi connectivity index (χ4v) is 3.48. The van der Waals surface area contributed by atoms with Gasteiger partial charge in [0.15, 0.2) is 0 Å². The Morgan fingerprint density at radius 2 is 2.28 bits per heavy atom. The number of morpholine rings is 1. The molecule has 3 rings (SSSR count). The Balaban J connectivity index is 0.00000225. The number of benzene rings is 1. The Bertz CT molecular complexity index is 581. The van der Waals surface area contributed by atoms with Crippen molar-refractivity contribution in [2.24, 2.45) is 5.92 Å². The van der Waals surface area contributed by atoms with Crippen LogP contribution in [-0.4, -0.2) is 56.2 Å². The normalized spacial score (nSPS) is 22.6. The molecule has 0 radical (unpaired) electrons. The van der Waals surface area contributed by atoms with Crippen molar-refractivity contribution in [3.8, 4) is 0 Å². The van der Waals surface area contributed by atoms with Gasteiger partial charge in [0, 0.05) is 43.3 Å². The molecule has 0 saturated carbocycles. The highest BCUT2D eigenvalue weighted by molar-refractivity contribution is 6.31. The van der Waals surface area contributed by atoms with Crippen molar-refractivity contribution < 1.29 is 13.9 Å². The van der Waals surface area contributed by atoms with Crippen LogP contribution in [0.15, 0.2) is 18.2 Å². The van der Waals surface area contributed by atoms with Gasteiger partial charge in [0.05, 0.1) is 24.7 Å². The minimum atomic E-state index is -0.341. The summed E-state index contributed by atoms with van der Waals surface area (Å²) in [5.74, 6) is -0.330. The summed E-state index contributed by atoms with van der Waals surface area (Å²) < 4.78 is 20.0. The molecule has 1 amide bonds. The van der Waals surface area contributed by atoms with Crippen molar-refractivity contribution in [2.45, 2.75) is 19.1 Å². The zero-order valence-corrected chi connectivity index (χ0v) is 15.7. The van der Waals surface area contributed by atoms with E-state index in [-0.39, 0.29) is 42.2 Å². The number of nitrogens with zero attached hydrogens (tertiary/aromatic N) is 1. The average Bonchev–Trinajstić information content (AvgIpc) is 2.48. The molecule has 5 nitrogen and oxygen atoms in total. The second kappa shape index (κ2) is 9.14. The van der Waals surface area contributed by atoms with E-state index in [0.29, 0.717) is 49.9 Å². The molecule has 1 aromatic carbocycles. The summed E-state index contributed by atoms with van der Waals surface area (Å²) in [5, 5.41) is 6.43. The molecule has 0 aliphatic carbocycles. The van der Waals surface area contributed by atoms with E-state index in [1.807, 2.05) is 6.92 Å². The van der Waals surface area contributed by atoms with E-state index in [2.05, 4.69) is 15.5 Å². The Labute approximate surface area is 158 Å². The highest BCUT2D eigenvalue weighted by Gasteiger charge is 2.31. The fraction of sp³-hybridized carbons (Fsp3) is 0.588. The van der Waals surface area contributed by atoms with Crippen LogP contribution < -0.4 is 10.6 Å². The van der Waals surface area contributed by atoms with Crippen LogP contribution in [-0.2, 0) is 9.53 Å². The topological polar surface area (TPSA) is 53.6 Å². The lowest BCUT2D eigenvalue weighted by molar-refractivity contribution is -0.126. The second-order valence-electron chi connectivity index (χ2n) is 6.43. The summed E-state index contributed by atoms with van der Waals surface area (Å²) in [4.78, 5) is 14.3. The van der Waals surface area contributed by atoms with Gasteiger partial charge in [-0.25, -0.2) is 4.39 Å². The molecular formula is C17H24Cl2FN3O2. The number of hydrogen-bond donors (Lipinski definition) is 2. The first-order valence-corrected chi connectivity index (χ1v) is 8.72. The lowest BCUT2D eigenvalue weighted by atomic mass is 10.0. The van der Waals surface area contributed by atoms with E-state index < -0.39 is 0 Å². The minimum Gasteiger partial charge on any atom is -0.376 e. The van der Waals surface area contributed by atoms with E-state index in [4.69, 9.17) is 16.3 Å². The Morgan fingerprint density at radius 3 is 2.88 bits per heavy atom. The number of halogens is 3. The van der Waals surface area contributed by atoms with Crippen molar-refractivity contribution in [2.75, 3.05) is 39.3 Å². The first-order valence-electron chi connectivity index (χ1n) is 8.34. The summed E-state index contributed by atoms with van der Waals surface area (Å²) in [6, 6.07) is 4.39. The maximum atomic E-state index is 14.4. The molecule has 0 bridgehead atoms. The van der Waals surface area contributed by atoms with E-state index >= 15 is 0 Å². The molecule has 2 atom stereocenters. The fourth-order valence-electron chi connectivity index (χ4n) is 3.19. The quantitative estimate of drug-likeness (QED) is 0.805. The number of carbonyl (C=O) groups excluding carboxylic acids is 1. The van der Waals surface area contributed by atoms with Gasteiger partial charge in [0.25, 0.3) is 0 Å². The van der Waals surface area contributed by atoms with Gasteiger partial charge >= 0.3 is 0 Å². The predicted molar refractivity (Wildman–Crippen MR) is 97.8 cm³/mol. The maximum Gasteiger partial charge on any atom is 0.225 e. The molecule has 1 aromatic rings.